The lowest BCUT2D eigenvalue weighted by Gasteiger charge is -2.07. The molecule has 18 heavy (non-hydrogen) atoms. The molecule has 0 saturated carbocycles. The Hall–Kier alpha value is -1.19. The molecule has 0 atom stereocenters. The van der Waals surface area contributed by atoms with Crippen molar-refractivity contribution < 1.29 is 0 Å². The molecule has 0 spiro atoms. The van der Waals surface area contributed by atoms with Crippen molar-refractivity contribution in [1.82, 2.24) is 10.3 Å². The summed E-state index contributed by atoms with van der Waals surface area (Å²) in [5, 5.41) is 3.44. The Morgan fingerprint density at radius 1 is 1.22 bits per heavy atom. The molecule has 0 bridgehead atoms. The lowest BCUT2D eigenvalue weighted by molar-refractivity contribution is 0.683. The average molecular weight is 305 g/mol. The molecule has 1 aromatic carbocycles. The highest BCUT2D eigenvalue weighted by Gasteiger charge is 1.98. The van der Waals surface area contributed by atoms with Gasteiger partial charge in [0.1, 0.15) is 0 Å². The molecule has 0 aliphatic heterocycles. The van der Waals surface area contributed by atoms with Crippen LogP contribution in [0.1, 0.15) is 16.7 Å². The van der Waals surface area contributed by atoms with Crippen LogP contribution in [0.3, 0.4) is 0 Å². The van der Waals surface area contributed by atoms with E-state index in [4.69, 9.17) is 0 Å². The normalized spacial score (nSPS) is 10.6. The highest BCUT2D eigenvalue weighted by atomic mass is 79.9. The minimum absolute atomic E-state index is 0.859. The number of hydrogen-bond acceptors (Lipinski definition) is 2. The zero-order valence-electron chi connectivity index (χ0n) is 10.5. The molecule has 94 valence electrons. The van der Waals surface area contributed by atoms with Gasteiger partial charge in [-0.05, 0) is 58.6 Å². The van der Waals surface area contributed by atoms with Crippen LogP contribution in [-0.2, 0) is 13.0 Å². The van der Waals surface area contributed by atoms with Gasteiger partial charge >= 0.3 is 0 Å². The summed E-state index contributed by atoms with van der Waals surface area (Å²) in [6.07, 6.45) is 4.76. The molecule has 0 aliphatic carbocycles. The number of aryl methyl sites for hydroxylation is 1. The van der Waals surface area contributed by atoms with Crippen LogP contribution in [0.5, 0.6) is 0 Å². The van der Waals surface area contributed by atoms with Crippen LogP contribution in [0.25, 0.3) is 0 Å². The van der Waals surface area contributed by atoms with Crippen LogP contribution < -0.4 is 5.32 Å². The van der Waals surface area contributed by atoms with Crippen LogP contribution in [0.2, 0.25) is 0 Å². The predicted molar refractivity (Wildman–Crippen MR) is 78.5 cm³/mol. The minimum atomic E-state index is 0.859. The molecule has 0 aliphatic rings. The third kappa shape index (κ3) is 3.93. The molecule has 0 amide bonds. The van der Waals surface area contributed by atoms with Gasteiger partial charge in [0.15, 0.2) is 0 Å². The minimum Gasteiger partial charge on any atom is -0.312 e. The molecule has 0 unspecified atom stereocenters. The zero-order valence-corrected chi connectivity index (χ0v) is 12.1. The fraction of sp³-hybridized carbons (Fsp3) is 0.267. The Balaban J connectivity index is 1.78. The van der Waals surface area contributed by atoms with Gasteiger partial charge in [0.2, 0.25) is 0 Å². The first-order valence-electron chi connectivity index (χ1n) is 6.10. The van der Waals surface area contributed by atoms with Gasteiger partial charge in [0.05, 0.1) is 0 Å². The molecule has 3 heteroatoms. The quantitative estimate of drug-likeness (QED) is 0.855. The second-order valence-corrected chi connectivity index (χ2v) is 5.28. The van der Waals surface area contributed by atoms with E-state index in [0.717, 1.165) is 24.0 Å². The van der Waals surface area contributed by atoms with Crippen LogP contribution in [0, 0.1) is 6.92 Å². The van der Waals surface area contributed by atoms with Crippen LogP contribution in [0.4, 0.5) is 0 Å². The van der Waals surface area contributed by atoms with Gasteiger partial charge in [-0.2, -0.15) is 0 Å². The van der Waals surface area contributed by atoms with E-state index in [1.807, 2.05) is 6.20 Å². The number of nitrogens with zero attached hydrogens (tertiary/aromatic N) is 1. The Labute approximate surface area is 117 Å². The van der Waals surface area contributed by atoms with Gasteiger partial charge in [0, 0.05) is 23.4 Å². The lowest BCUT2D eigenvalue weighted by Crippen LogP contribution is -2.17. The topological polar surface area (TPSA) is 24.9 Å². The highest BCUT2D eigenvalue weighted by molar-refractivity contribution is 9.10. The third-order valence-corrected chi connectivity index (χ3v) is 3.36. The van der Waals surface area contributed by atoms with Crippen molar-refractivity contribution in [2.45, 2.75) is 19.9 Å². The van der Waals surface area contributed by atoms with E-state index in [1.165, 1.54) is 16.7 Å². The first-order valence-corrected chi connectivity index (χ1v) is 6.89. The van der Waals surface area contributed by atoms with Crippen molar-refractivity contribution in [2.24, 2.45) is 0 Å². The molecule has 2 aromatic rings. The largest absolute Gasteiger partial charge is 0.312 e. The number of nitrogens with one attached hydrogen (secondary N) is 1. The number of benzene rings is 1. The van der Waals surface area contributed by atoms with Gasteiger partial charge in [-0.15, -0.1) is 0 Å². The second-order valence-electron chi connectivity index (χ2n) is 4.36. The number of aromatic nitrogens is 1. The molecule has 0 fully saturated rings. The first-order chi connectivity index (χ1) is 8.75. The van der Waals surface area contributed by atoms with Gasteiger partial charge in [-0.3, -0.25) is 4.98 Å². The van der Waals surface area contributed by atoms with E-state index < -0.39 is 0 Å². The van der Waals surface area contributed by atoms with Crippen LogP contribution in [0.15, 0.2) is 47.2 Å². The fourth-order valence-corrected chi connectivity index (χ4v) is 2.31. The highest BCUT2D eigenvalue weighted by Crippen LogP contribution is 2.09. The van der Waals surface area contributed by atoms with Gasteiger partial charge in [-0.25, -0.2) is 0 Å². The summed E-state index contributed by atoms with van der Waals surface area (Å²) in [5.41, 5.74) is 3.98. The van der Waals surface area contributed by atoms with Crippen LogP contribution >= 0.6 is 15.9 Å². The maximum atomic E-state index is 4.15. The van der Waals surface area contributed by atoms with Crippen molar-refractivity contribution in [3.63, 3.8) is 0 Å². The zero-order chi connectivity index (χ0) is 12.8. The van der Waals surface area contributed by atoms with Crippen molar-refractivity contribution in [3.05, 3.63) is 63.9 Å². The monoisotopic (exact) mass is 304 g/mol. The predicted octanol–water partition coefficient (Wildman–Crippen LogP) is 3.48. The Morgan fingerprint density at radius 3 is 2.83 bits per heavy atom. The lowest BCUT2D eigenvalue weighted by atomic mass is 10.1. The van der Waals surface area contributed by atoms with E-state index in [9.17, 15) is 0 Å². The average Bonchev–Trinajstić information content (AvgIpc) is 2.37. The van der Waals surface area contributed by atoms with Crippen molar-refractivity contribution >= 4 is 15.9 Å². The number of pyridine rings is 1. The summed E-state index contributed by atoms with van der Waals surface area (Å²) < 4.78 is 1.03. The van der Waals surface area contributed by atoms with Gasteiger partial charge in [-0.1, -0.05) is 24.3 Å². The smallest absolute Gasteiger partial charge is 0.0410 e. The SMILES string of the molecule is Cc1ccccc1CCNCc1cncc(Br)c1. The van der Waals surface area contributed by atoms with Gasteiger partial charge in [0.25, 0.3) is 0 Å². The summed E-state index contributed by atoms with van der Waals surface area (Å²) in [6.45, 7) is 4.00. The Kier molecular flexibility index (Phi) is 4.90. The molecule has 0 radical (unpaired) electrons. The summed E-state index contributed by atoms with van der Waals surface area (Å²) in [4.78, 5) is 4.15. The van der Waals surface area contributed by atoms with Crippen molar-refractivity contribution in [1.29, 1.82) is 0 Å². The fourth-order valence-electron chi connectivity index (χ4n) is 1.90. The molecule has 1 N–H and O–H groups in total. The van der Waals surface area contributed by atoms with Crippen LogP contribution in [-0.4, -0.2) is 11.5 Å². The van der Waals surface area contributed by atoms with Crippen molar-refractivity contribution in [2.75, 3.05) is 6.54 Å². The summed E-state index contributed by atoms with van der Waals surface area (Å²) in [5.74, 6) is 0. The summed E-state index contributed by atoms with van der Waals surface area (Å²) in [7, 11) is 0. The molecule has 0 saturated heterocycles. The maximum Gasteiger partial charge on any atom is 0.0410 e. The second kappa shape index (κ2) is 6.66. The molecular formula is C15H17BrN2. The van der Waals surface area contributed by atoms with E-state index in [-0.39, 0.29) is 0 Å². The summed E-state index contributed by atoms with van der Waals surface area (Å²) >= 11 is 3.43. The molecule has 2 rings (SSSR count). The van der Waals surface area contributed by atoms with E-state index in [2.05, 4.69) is 63.5 Å². The summed E-state index contributed by atoms with van der Waals surface area (Å²) in [6, 6.07) is 10.6. The molecule has 1 aromatic heterocycles. The molecule has 2 nitrogen and oxygen atoms in total. The van der Waals surface area contributed by atoms with E-state index in [0.29, 0.717) is 0 Å². The van der Waals surface area contributed by atoms with E-state index in [1.54, 1.807) is 6.20 Å². The number of hydrogen-bond donors (Lipinski definition) is 1. The Morgan fingerprint density at radius 2 is 2.06 bits per heavy atom. The maximum absolute atomic E-state index is 4.15. The molecule has 1 heterocycles. The third-order valence-electron chi connectivity index (χ3n) is 2.92. The van der Waals surface area contributed by atoms with Crippen molar-refractivity contribution in [3.8, 4) is 0 Å². The first kappa shape index (κ1) is 13.2. The van der Waals surface area contributed by atoms with Gasteiger partial charge < -0.3 is 5.32 Å². The Bertz CT molecular complexity index is 511. The van der Waals surface area contributed by atoms with E-state index >= 15 is 0 Å². The number of halogens is 1. The number of rotatable bonds is 5. The standard InChI is InChI=1S/C15H17BrN2/c1-12-4-2-3-5-14(12)6-7-17-9-13-8-15(16)11-18-10-13/h2-5,8,10-11,17H,6-7,9H2,1H3. The molecular weight excluding hydrogens is 288 g/mol.